The molecule has 0 aromatic carbocycles. The lowest BCUT2D eigenvalue weighted by Crippen LogP contribution is -3.00. The van der Waals surface area contributed by atoms with E-state index in [0.717, 1.165) is 95.9 Å². The minimum Gasteiger partial charge on any atom is -1.00 e. The molecule has 9 heteroatoms. The zero-order chi connectivity index (χ0) is 41.9. The zero-order valence-electron chi connectivity index (χ0n) is 36.1. The monoisotopic (exact) mass is 894 g/mol. The quantitative estimate of drug-likeness (QED) is 0.0701. The van der Waals surface area contributed by atoms with Gasteiger partial charge in [-0.05, 0) is 114 Å². The van der Waals surface area contributed by atoms with E-state index in [0.29, 0.717) is 0 Å². The van der Waals surface area contributed by atoms with Gasteiger partial charge in [0.1, 0.15) is 6.54 Å². The van der Waals surface area contributed by atoms with Crippen LogP contribution >= 0.6 is 0 Å². The SMILES string of the molecule is CCCCCCCCCCCCCC[n+]1ccc(-c2c3nc(c(-c4ccncc4)c4ccc([nH]4)c(-c4ccncc4)c4nc(c(-c5ccncc5)c5ccc2[nH]5)C=C4)C=C3)cc1.[Br-]. The van der Waals surface area contributed by atoms with E-state index < -0.39 is 0 Å². The summed E-state index contributed by atoms with van der Waals surface area (Å²) < 4.78 is 2.32. The number of hydrogen-bond acceptors (Lipinski definition) is 5. The molecule has 318 valence electrons. The van der Waals surface area contributed by atoms with Gasteiger partial charge in [-0.15, -0.1) is 0 Å². The maximum Gasteiger partial charge on any atom is 0.169 e. The number of nitrogens with zero attached hydrogens (tertiary/aromatic N) is 6. The van der Waals surface area contributed by atoms with Crippen LogP contribution in [0.1, 0.15) is 107 Å². The summed E-state index contributed by atoms with van der Waals surface area (Å²) in [5.74, 6) is 0. The van der Waals surface area contributed by atoms with E-state index in [4.69, 9.17) is 9.97 Å². The fraction of sp³-hybridized carbons (Fsp3) is 0.259. The Bertz CT molecular complexity index is 2790. The highest BCUT2D eigenvalue weighted by atomic mass is 79.9. The van der Waals surface area contributed by atoms with Crippen LogP contribution < -0.4 is 21.5 Å². The third-order valence-corrected chi connectivity index (χ3v) is 12.1. The predicted molar refractivity (Wildman–Crippen MR) is 255 cm³/mol. The molecule has 2 N–H and O–H groups in total. The summed E-state index contributed by atoms with van der Waals surface area (Å²) in [6.07, 6.45) is 40.2. The molecule has 7 aromatic rings. The van der Waals surface area contributed by atoms with Gasteiger partial charge >= 0.3 is 0 Å². The Balaban J connectivity index is 0.00000544. The van der Waals surface area contributed by atoms with Crippen LogP contribution in [0.25, 0.3) is 90.9 Å². The van der Waals surface area contributed by atoms with Crippen LogP contribution in [0.5, 0.6) is 0 Å². The van der Waals surface area contributed by atoms with Crippen molar-refractivity contribution in [2.75, 3.05) is 0 Å². The van der Waals surface area contributed by atoms with Crippen LogP contribution in [0, 0.1) is 0 Å². The molecule has 0 amide bonds. The Morgan fingerprint density at radius 1 is 0.381 bits per heavy atom. The first-order valence-corrected chi connectivity index (χ1v) is 22.6. The summed E-state index contributed by atoms with van der Waals surface area (Å²) in [6.45, 7) is 3.30. The number of aromatic nitrogens is 8. The summed E-state index contributed by atoms with van der Waals surface area (Å²) in [5.41, 5.74) is 15.5. The number of rotatable bonds is 17. The number of unbranched alkanes of at least 4 members (excludes halogenated alkanes) is 11. The van der Waals surface area contributed by atoms with Gasteiger partial charge in [0.15, 0.2) is 12.4 Å². The molecule has 0 saturated heterocycles. The normalized spacial score (nSPS) is 11.8. The second-order valence-corrected chi connectivity index (χ2v) is 16.4. The Labute approximate surface area is 381 Å². The van der Waals surface area contributed by atoms with Gasteiger partial charge in [0.2, 0.25) is 0 Å². The summed E-state index contributed by atoms with van der Waals surface area (Å²) in [6, 6.07) is 25.4. The first-order chi connectivity index (χ1) is 30.7. The second-order valence-electron chi connectivity index (χ2n) is 16.4. The maximum absolute atomic E-state index is 5.44. The third-order valence-electron chi connectivity index (χ3n) is 12.1. The molecule has 63 heavy (non-hydrogen) atoms. The first-order valence-electron chi connectivity index (χ1n) is 22.6. The lowest BCUT2D eigenvalue weighted by molar-refractivity contribution is -0.697. The van der Waals surface area contributed by atoms with E-state index in [1.54, 1.807) is 0 Å². The molecule has 9 heterocycles. The molecule has 2 aliphatic heterocycles. The highest BCUT2D eigenvalue weighted by Gasteiger charge is 2.19. The molecule has 8 bridgehead atoms. The molecule has 0 spiro atoms. The number of aryl methyl sites for hydroxylation is 1. The van der Waals surface area contributed by atoms with E-state index in [9.17, 15) is 0 Å². The van der Waals surface area contributed by atoms with E-state index >= 15 is 0 Å². The highest BCUT2D eigenvalue weighted by Crippen LogP contribution is 2.38. The molecule has 0 aliphatic carbocycles. The van der Waals surface area contributed by atoms with Crippen molar-refractivity contribution in [2.24, 2.45) is 0 Å². The Morgan fingerprint density at radius 3 is 1.02 bits per heavy atom. The van der Waals surface area contributed by atoms with Crippen molar-refractivity contribution in [3.8, 4) is 44.5 Å². The number of H-pyrrole nitrogens is 2. The van der Waals surface area contributed by atoms with Gasteiger partial charge in [-0.2, -0.15) is 0 Å². The molecular weight excluding hydrogens is 841 g/mol. The Kier molecular flexibility index (Phi) is 14.6. The van der Waals surface area contributed by atoms with E-state index in [2.05, 4.69) is 110 Å². The van der Waals surface area contributed by atoms with Gasteiger partial charge in [-0.25, -0.2) is 14.5 Å². The summed E-state index contributed by atoms with van der Waals surface area (Å²) in [5, 5.41) is 0. The minimum absolute atomic E-state index is 0. The van der Waals surface area contributed by atoms with Crippen LogP contribution in [-0.4, -0.2) is 34.9 Å². The van der Waals surface area contributed by atoms with Gasteiger partial charge in [0, 0.05) is 100 Å². The van der Waals surface area contributed by atoms with Crippen molar-refractivity contribution >= 4 is 46.4 Å². The number of halogens is 1. The molecule has 0 radical (unpaired) electrons. The average molecular weight is 896 g/mol. The number of pyridine rings is 4. The molecule has 9 rings (SSSR count). The molecular formula is C54H55BrN8. The van der Waals surface area contributed by atoms with E-state index in [1.165, 1.54) is 77.0 Å². The molecule has 0 unspecified atom stereocenters. The molecule has 2 aliphatic rings. The fourth-order valence-corrected chi connectivity index (χ4v) is 8.88. The Hall–Kier alpha value is -6.32. The molecule has 0 saturated carbocycles. The number of aromatic amines is 2. The van der Waals surface area contributed by atoms with E-state index in [1.807, 2.05) is 73.6 Å². The topological polar surface area (TPSA) is 99.9 Å². The number of hydrogen-bond donors (Lipinski definition) is 2. The van der Waals surface area contributed by atoms with Crippen molar-refractivity contribution in [3.05, 3.63) is 145 Å². The van der Waals surface area contributed by atoms with Crippen LogP contribution in [0.4, 0.5) is 0 Å². The predicted octanol–water partition coefficient (Wildman–Crippen LogP) is 10.5. The lowest BCUT2D eigenvalue weighted by Gasteiger charge is -2.06. The molecule has 0 atom stereocenters. The van der Waals surface area contributed by atoms with Crippen LogP contribution in [0.15, 0.2) is 122 Å². The van der Waals surface area contributed by atoms with Crippen LogP contribution in [0.2, 0.25) is 0 Å². The largest absolute Gasteiger partial charge is 1.00 e. The average Bonchev–Trinajstić information content (AvgIpc) is 4.17. The molecule has 0 fully saturated rings. The third kappa shape index (κ3) is 10.2. The van der Waals surface area contributed by atoms with Gasteiger partial charge < -0.3 is 26.9 Å². The van der Waals surface area contributed by atoms with Gasteiger partial charge in [-0.1, -0.05) is 71.1 Å². The highest BCUT2D eigenvalue weighted by molar-refractivity contribution is 5.99. The smallest absolute Gasteiger partial charge is 0.169 e. The number of fused-ring (bicyclic) bond motifs is 8. The standard InChI is InChI=1S/C54H54N8.BrH/c1-2-3-4-5-6-7-8-9-10-11-12-13-36-62-37-28-42(29-38-62)54-49-20-18-47(60-49)52(40-24-32-56-33-25-40)45-16-14-43(58-45)51(39-22-30-55-31-23-39)44-15-17-46(59-44)53(41-26-34-57-35-27-41)48-19-21-50(54)61-48;/h14-35,37-38H,2-13,36H2,1H3,(H,58,59,60,61);1H. The maximum atomic E-state index is 5.44. The first kappa shape index (κ1) is 43.3. The zero-order valence-corrected chi connectivity index (χ0v) is 37.7. The summed E-state index contributed by atoms with van der Waals surface area (Å²) in [4.78, 5) is 31.5. The van der Waals surface area contributed by atoms with Crippen molar-refractivity contribution in [2.45, 2.75) is 90.5 Å². The van der Waals surface area contributed by atoms with Crippen LogP contribution in [-0.2, 0) is 6.54 Å². The van der Waals surface area contributed by atoms with Crippen molar-refractivity contribution in [3.63, 3.8) is 0 Å². The van der Waals surface area contributed by atoms with Gasteiger partial charge in [0.05, 0.1) is 22.8 Å². The fourth-order valence-electron chi connectivity index (χ4n) is 8.88. The van der Waals surface area contributed by atoms with Crippen molar-refractivity contribution in [1.82, 2.24) is 34.9 Å². The molecule has 8 nitrogen and oxygen atoms in total. The van der Waals surface area contributed by atoms with Gasteiger partial charge in [0.25, 0.3) is 0 Å². The van der Waals surface area contributed by atoms with Gasteiger partial charge in [-0.3, -0.25) is 15.0 Å². The minimum atomic E-state index is 0. The Morgan fingerprint density at radius 2 is 0.683 bits per heavy atom. The lowest BCUT2D eigenvalue weighted by atomic mass is 10.0. The van der Waals surface area contributed by atoms with Crippen molar-refractivity contribution in [1.29, 1.82) is 0 Å². The summed E-state index contributed by atoms with van der Waals surface area (Å²) in [7, 11) is 0. The molecule has 7 aromatic heterocycles. The van der Waals surface area contributed by atoms with Crippen LogP contribution in [0.3, 0.4) is 0 Å². The van der Waals surface area contributed by atoms with E-state index in [-0.39, 0.29) is 17.0 Å². The second kappa shape index (κ2) is 21.2. The number of nitrogens with one attached hydrogen (secondary N) is 2. The summed E-state index contributed by atoms with van der Waals surface area (Å²) >= 11 is 0. The van der Waals surface area contributed by atoms with Crippen molar-refractivity contribution < 1.29 is 21.5 Å².